The Labute approximate surface area is 335 Å². The molecule has 7 aromatic rings. The minimum absolute atomic E-state index is 0.0505. The van der Waals surface area contributed by atoms with Gasteiger partial charge >= 0.3 is 7.60 Å². The van der Waals surface area contributed by atoms with Gasteiger partial charge in [0.2, 0.25) is 11.5 Å². The SMILES string of the molecule is C=CC(=O)c1ccc(Oc2c(Oc3ccccc3)c(Oc3ccccc3)cc(P(=O)(Oc3ccccc3)Oc3ccc(C(=O)C=C)cc3)c2Oc2ccccc2)cc1. The number of ketones is 2. The molecule has 0 heterocycles. The largest absolute Gasteiger partial charge is 0.466 e. The topological polar surface area (TPSA) is 107 Å². The van der Waals surface area contributed by atoms with Gasteiger partial charge in [0, 0.05) is 17.2 Å². The Morgan fingerprint density at radius 3 is 1.21 bits per heavy atom. The highest BCUT2D eigenvalue weighted by Gasteiger charge is 2.41. The fourth-order valence-corrected chi connectivity index (χ4v) is 7.28. The number of carbonyl (C=O) groups is 2. The third-order valence-corrected chi connectivity index (χ3v) is 10.2. The van der Waals surface area contributed by atoms with Gasteiger partial charge in [-0.05, 0) is 109 Å². The molecule has 0 bridgehead atoms. The van der Waals surface area contributed by atoms with Crippen LogP contribution in [0.15, 0.2) is 201 Å². The van der Waals surface area contributed by atoms with E-state index >= 15 is 4.57 Å². The van der Waals surface area contributed by atoms with Crippen LogP contribution in [-0.2, 0) is 4.57 Å². The normalized spacial score (nSPS) is 11.6. The smallest absolute Gasteiger partial charge is 0.453 e. The third kappa shape index (κ3) is 9.25. The van der Waals surface area contributed by atoms with Crippen molar-refractivity contribution in [3.05, 3.63) is 212 Å². The summed E-state index contributed by atoms with van der Waals surface area (Å²) < 4.78 is 55.0. The van der Waals surface area contributed by atoms with Crippen LogP contribution in [0.3, 0.4) is 0 Å². The summed E-state index contributed by atoms with van der Waals surface area (Å²) in [6.45, 7) is 7.15. The monoisotopic (exact) mass is 786 g/mol. The van der Waals surface area contributed by atoms with Crippen molar-refractivity contribution in [1.29, 1.82) is 0 Å². The van der Waals surface area contributed by atoms with Crippen LogP contribution in [0.4, 0.5) is 0 Å². The Kier molecular flexibility index (Phi) is 11.9. The number of hydrogen-bond acceptors (Lipinski definition) is 9. The lowest BCUT2D eigenvalue weighted by molar-refractivity contribution is 0.103. The van der Waals surface area contributed by atoms with Crippen molar-refractivity contribution in [3.63, 3.8) is 0 Å². The van der Waals surface area contributed by atoms with Gasteiger partial charge in [-0.15, -0.1) is 0 Å². The highest BCUT2D eigenvalue weighted by molar-refractivity contribution is 7.63. The molecule has 0 aliphatic heterocycles. The van der Waals surface area contributed by atoms with Gasteiger partial charge in [0.1, 0.15) is 39.8 Å². The fraction of sp³-hybridized carbons (Fsp3) is 0. The van der Waals surface area contributed by atoms with Gasteiger partial charge in [-0.3, -0.25) is 9.59 Å². The number of ether oxygens (including phenoxy) is 4. The fourth-order valence-electron chi connectivity index (χ4n) is 5.58. The summed E-state index contributed by atoms with van der Waals surface area (Å²) in [5.74, 6) is 1.17. The molecule has 0 fully saturated rings. The van der Waals surface area contributed by atoms with Crippen molar-refractivity contribution in [2.45, 2.75) is 0 Å². The molecule has 0 aliphatic carbocycles. The van der Waals surface area contributed by atoms with Crippen LogP contribution in [0.5, 0.6) is 57.5 Å². The maximum absolute atomic E-state index is 15.9. The van der Waals surface area contributed by atoms with Crippen LogP contribution in [0, 0.1) is 0 Å². The van der Waals surface area contributed by atoms with Crippen molar-refractivity contribution in [3.8, 4) is 57.5 Å². The second-order valence-corrected chi connectivity index (χ2v) is 14.2. The summed E-state index contributed by atoms with van der Waals surface area (Å²) in [6.07, 6.45) is 2.42. The van der Waals surface area contributed by atoms with Crippen LogP contribution in [0.25, 0.3) is 0 Å². The van der Waals surface area contributed by atoms with E-state index in [0.717, 1.165) is 0 Å². The van der Waals surface area contributed by atoms with Crippen molar-refractivity contribution in [2.75, 3.05) is 0 Å². The van der Waals surface area contributed by atoms with Crippen LogP contribution >= 0.6 is 7.60 Å². The molecule has 58 heavy (non-hydrogen) atoms. The molecule has 7 rings (SSSR count). The number of para-hydroxylation sites is 4. The summed E-state index contributed by atoms with van der Waals surface area (Å²) in [7, 11) is -4.63. The molecule has 0 saturated carbocycles. The Balaban J connectivity index is 1.52. The Morgan fingerprint density at radius 2 is 0.759 bits per heavy atom. The number of rotatable bonds is 17. The van der Waals surface area contributed by atoms with E-state index in [1.807, 2.05) is 30.3 Å². The number of hydrogen-bond donors (Lipinski definition) is 0. The first-order chi connectivity index (χ1) is 28.3. The van der Waals surface area contributed by atoms with Gasteiger partial charge in [0.05, 0.1) is 0 Å². The lowest BCUT2D eigenvalue weighted by Gasteiger charge is -2.26. The molecule has 7 aromatic carbocycles. The van der Waals surface area contributed by atoms with Crippen molar-refractivity contribution >= 4 is 24.5 Å². The molecule has 0 spiro atoms. The summed E-state index contributed by atoms with van der Waals surface area (Å²) >= 11 is 0. The molecule has 0 N–H and O–H groups in total. The molecule has 0 amide bonds. The summed E-state index contributed by atoms with van der Waals surface area (Å²) in [5, 5.41) is -0.105. The molecular formula is C48H35O9P. The van der Waals surface area contributed by atoms with Crippen molar-refractivity contribution < 1.29 is 42.1 Å². The van der Waals surface area contributed by atoms with E-state index in [9.17, 15) is 9.59 Å². The molecule has 10 heteroatoms. The predicted molar refractivity (Wildman–Crippen MR) is 223 cm³/mol. The zero-order chi connectivity index (χ0) is 40.3. The first-order valence-corrected chi connectivity index (χ1v) is 19.5. The minimum Gasteiger partial charge on any atom is -0.453 e. The Morgan fingerprint density at radius 1 is 0.414 bits per heavy atom. The van der Waals surface area contributed by atoms with E-state index in [-0.39, 0.29) is 57.1 Å². The van der Waals surface area contributed by atoms with Crippen molar-refractivity contribution in [1.82, 2.24) is 0 Å². The van der Waals surface area contributed by atoms with Crippen molar-refractivity contribution in [2.24, 2.45) is 0 Å². The summed E-state index contributed by atoms with van der Waals surface area (Å²) in [4.78, 5) is 24.8. The van der Waals surface area contributed by atoms with Gasteiger partial charge in [0.25, 0.3) is 0 Å². The number of carbonyl (C=O) groups excluding carboxylic acids is 2. The molecular weight excluding hydrogens is 751 g/mol. The standard InChI is InChI=1S/C48H35O9P/c1-3-42(49)34-25-29-39(30-26-34)55-48-46(53-37-19-11-6-12-20-37)44(52-36-17-9-5-10-18-36)33-45(47(48)54-38-21-13-7-14-22-38)58(51,56-40-23-15-8-16-24-40)57-41-31-27-35(28-32-41)43(50)4-2/h3-33H,1-2H2. The molecule has 9 nitrogen and oxygen atoms in total. The first kappa shape index (κ1) is 38.7. The van der Waals surface area contributed by atoms with Gasteiger partial charge in [-0.25, -0.2) is 4.57 Å². The highest BCUT2D eigenvalue weighted by atomic mass is 31.2. The lowest BCUT2D eigenvalue weighted by atomic mass is 10.1. The highest BCUT2D eigenvalue weighted by Crippen LogP contribution is 2.57. The molecule has 1 unspecified atom stereocenters. The van der Waals surface area contributed by atoms with Gasteiger partial charge in [-0.2, -0.15) is 0 Å². The van der Waals surface area contributed by atoms with Gasteiger partial charge in [0.15, 0.2) is 23.1 Å². The van der Waals surface area contributed by atoms with E-state index in [2.05, 4.69) is 13.2 Å². The molecule has 1 atom stereocenters. The molecule has 0 saturated heterocycles. The van der Waals surface area contributed by atoms with E-state index in [1.165, 1.54) is 42.5 Å². The van der Waals surface area contributed by atoms with Crippen LogP contribution in [0.1, 0.15) is 20.7 Å². The summed E-state index contributed by atoms with van der Waals surface area (Å²) in [6, 6.07) is 49.2. The predicted octanol–water partition coefficient (Wildman–Crippen LogP) is 12.6. The van der Waals surface area contributed by atoms with E-state index in [0.29, 0.717) is 28.4 Å². The maximum Gasteiger partial charge on any atom is 0.466 e. The first-order valence-electron chi connectivity index (χ1n) is 18.0. The second-order valence-electron chi connectivity index (χ2n) is 12.4. The lowest BCUT2D eigenvalue weighted by Crippen LogP contribution is -2.18. The average molecular weight is 787 g/mol. The molecule has 286 valence electrons. The minimum atomic E-state index is -4.63. The molecule has 0 aliphatic rings. The van der Waals surface area contributed by atoms with Crippen LogP contribution in [0.2, 0.25) is 0 Å². The van der Waals surface area contributed by atoms with Gasteiger partial charge < -0.3 is 28.0 Å². The van der Waals surface area contributed by atoms with E-state index < -0.39 is 7.60 Å². The number of allylic oxidation sites excluding steroid dienone is 2. The maximum atomic E-state index is 15.9. The zero-order valence-electron chi connectivity index (χ0n) is 30.9. The molecule has 0 aromatic heterocycles. The Bertz CT molecular complexity index is 2580. The number of benzene rings is 7. The quantitative estimate of drug-likeness (QED) is 0.0506. The Hall–Kier alpha value is -7.61. The third-order valence-electron chi connectivity index (χ3n) is 8.39. The zero-order valence-corrected chi connectivity index (χ0v) is 31.8. The van der Waals surface area contributed by atoms with Crippen LogP contribution < -0.4 is 33.3 Å². The van der Waals surface area contributed by atoms with Crippen LogP contribution in [-0.4, -0.2) is 11.6 Å². The van der Waals surface area contributed by atoms with Gasteiger partial charge in [-0.1, -0.05) is 86.0 Å². The average Bonchev–Trinajstić information content (AvgIpc) is 3.26. The second kappa shape index (κ2) is 17.9. The van der Waals surface area contributed by atoms with E-state index in [4.69, 9.17) is 28.0 Å². The summed E-state index contributed by atoms with van der Waals surface area (Å²) in [5.41, 5.74) is 0.743. The van der Waals surface area contributed by atoms with E-state index in [1.54, 1.807) is 115 Å². The molecule has 0 radical (unpaired) electrons.